The van der Waals surface area contributed by atoms with E-state index in [2.05, 4.69) is 109 Å². The molecule has 2 aliphatic rings. The molecule has 70 heavy (non-hydrogen) atoms. The van der Waals surface area contributed by atoms with Crippen molar-refractivity contribution in [3.8, 4) is 0 Å². The summed E-state index contributed by atoms with van der Waals surface area (Å²) in [5.74, 6) is -0.556. The van der Waals surface area contributed by atoms with E-state index in [9.17, 15) is 4.39 Å². The molecule has 8 heteroatoms. The Kier molecular flexibility index (Phi) is 12.0. The third-order valence-corrected chi connectivity index (χ3v) is 26.0. The van der Waals surface area contributed by atoms with Crippen LogP contribution in [0.5, 0.6) is 0 Å². The molecule has 0 aromatic heterocycles. The molecule has 0 fully saturated rings. The number of benzene rings is 10. The fourth-order valence-corrected chi connectivity index (χ4v) is 23.5. The first kappa shape index (κ1) is 45.8. The Bertz CT molecular complexity index is 3240. The maximum atomic E-state index is 15.2. The Labute approximate surface area is 417 Å². The Morgan fingerprint density at radius 3 is 0.957 bits per heavy atom. The minimum absolute atomic E-state index is 0.277. The average molecular weight is 994 g/mol. The molecule has 10 aromatic rings. The van der Waals surface area contributed by atoms with Gasteiger partial charge in [0.15, 0.2) is 0 Å². The summed E-state index contributed by atoms with van der Waals surface area (Å²) in [6.07, 6.45) is -0.850. The van der Waals surface area contributed by atoms with Crippen molar-refractivity contribution in [3.63, 3.8) is 0 Å². The first-order valence-corrected chi connectivity index (χ1v) is 28.2. The number of halogens is 4. The SMILES string of the molecule is Fc1ccc2c(c1)C(c1ccc(Cl)cc1)OP2(c1ccccc1)(c1ccccc1)c1ccccc1.Fc1ccc2c(c1)P(c1ccccc1)(c1ccccc1)(c1ccccc1)OC2c1ccc(Cl)cc1. The van der Waals surface area contributed by atoms with Gasteiger partial charge in [0, 0.05) is 0 Å². The van der Waals surface area contributed by atoms with Crippen molar-refractivity contribution >= 4 is 79.3 Å². The first-order valence-electron chi connectivity index (χ1n) is 23.1. The minimum atomic E-state index is -3.83. The van der Waals surface area contributed by atoms with Gasteiger partial charge >= 0.3 is 420 Å². The van der Waals surface area contributed by atoms with Crippen molar-refractivity contribution < 1.29 is 17.8 Å². The molecule has 0 saturated heterocycles. The van der Waals surface area contributed by atoms with Gasteiger partial charge in [0.2, 0.25) is 0 Å². The normalized spacial score (nSPS) is 18.8. The Balaban J connectivity index is 0.000000152. The van der Waals surface area contributed by atoms with Gasteiger partial charge in [-0.25, -0.2) is 0 Å². The van der Waals surface area contributed by atoms with Crippen LogP contribution in [0.2, 0.25) is 10.0 Å². The summed E-state index contributed by atoms with van der Waals surface area (Å²) in [6, 6.07) is 87.9. The van der Waals surface area contributed by atoms with Crippen LogP contribution < -0.4 is 42.4 Å². The van der Waals surface area contributed by atoms with Crippen molar-refractivity contribution in [1.82, 2.24) is 0 Å². The van der Waals surface area contributed by atoms with E-state index in [-0.39, 0.29) is 17.7 Å². The Morgan fingerprint density at radius 1 is 0.300 bits per heavy atom. The molecular formula is C62H46Cl2F2O2P2. The second kappa shape index (κ2) is 18.3. The van der Waals surface area contributed by atoms with Crippen molar-refractivity contribution in [2.45, 2.75) is 12.2 Å². The van der Waals surface area contributed by atoms with E-state index < -0.39 is 19.8 Å². The molecule has 344 valence electrons. The summed E-state index contributed by atoms with van der Waals surface area (Å²) in [6.45, 7) is -7.57. The van der Waals surface area contributed by atoms with E-state index in [1.165, 1.54) is 6.07 Å². The molecule has 0 N–H and O–H groups in total. The zero-order chi connectivity index (χ0) is 47.8. The topological polar surface area (TPSA) is 18.5 Å². The van der Waals surface area contributed by atoms with Gasteiger partial charge in [-0.2, -0.15) is 0 Å². The second-order valence-electron chi connectivity index (χ2n) is 17.6. The molecule has 2 aliphatic heterocycles. The van der Waals surface area contributed by atoms with E-state index in [0.29, 0.717) is 10.0 Å². The van der Waals surface area contributed by atoms with Crippen molar-refractivity contribution in [2.24, 2.45) is 0 Å². The number of fused-ring (bicyclic) bond motifs is 2. The zero-order valence-corrected chi connectivity index (χ0v) is 41.1. The van der Waals surface area contributed by atoms with Gasteiger partial charge in [0.1, 0.15) is 0 Å². The van der Waals surface area contributed by atoms with Crippen LogP contribution in [0, 0.1) is 11.6 Å². The van der Waals surface area contributed by atoms with Crippen LogP contribution in [0.1, 0.15) is 34.5 Å². The summed E-state index contributed by atoms with van der Waals surface area (Å²) in [4.78, 5) is 0. The summed E-state index contributed by atoms with van der Waals surface area (Å²) < 4.78 is 45.1. The molecule has 2 atom stereocenters. The summed E-state index contributed by atoms with van der Waals surface area (Å²) in [5, 5.41) is 9.62. The van der Waals surface area contributed by atoms with E-state index in [1.54, 1.807) is 18.2 Å². The van der Waals surface area contributed by atoms with Crippen LogP contribution >= 0.6 is 36.9 Å². The third kappa shape index (κ3) is 6.97. The van der Waals surface area contributed by atoms with Crippen LogP contribution in [0.4, 0.5) is 8.78 Å². The summed E-state index contributed by atoms with van der Waals surface area (Å²) >= 11 is 12.5. The van der Waals surface area contributed by atoms with Gasteiger partial charge in [-0.05, 0) is 0 Å². The van der Waals surface area contributed by atoms with E-state index in [4.69, 9.17) is 32.2 Å². The van der Waals surface area contributed by atoms with Gasteiger partial charge in [-0.3, -0.25) is 0 Å². The molecular weight excluding hydrogens is 948 g/mol. The van der Waals surface area contributed by atoms with Gasteiger partial charge in [0.25, 0.3) is 0 Å². The molecule has 12 rings (SSSR count). The predicted octanol–water partition coefficient (Wildman–Crippen LogP) is 13.3. The Morgan fingerprint density at radius 2 is 0.600 bits per heavy atom. The van der Waals surface area contributed by atoms with Gasteiger partial charge in [-0.15, -0.1) is 0 Å². The van der Waals surface area contributed by atoms with E-state index in [0.717, 1.165) is 64.7 Å². The molecule has 0 aliphatic carbocycles. The third-order valence-electron chi connectivity index (χ3n) is 13.9. The van der Waals surface area contributed by atoms with Crippen LogP contribution in [0.25, 0.3) is 0 Å². The molecule has 0 spiro atoms. The molecule has 0 bridgehead atoms. The standard InChI is InChI=1S/2C31H23ClFOP/c32-24-18-16-23(17-19-24)31-29-22-25(33)20-21-30(29)35(34-31,26-10-4-1-5-11-26,27-12-6-2-7-13-27)28-14-8-3-9-15-28;32-24-18-16-23(17-19-24)31-29-21-20-25(33)22-30(29)35(34-31,26-10-4-1-5-11-26,27-12-6-2-7-13-27)28-14-8-3-9-15-28/h2*1-22,31H. The maximum absolute atomic E-state index is 15.2. The zero-order valence-electron chi connectivity index (χ0n) is 37.8. The van der Waals surface area contributed by atoms with Crippen LogP contribution in [0.15, 0.2) is 267 Å². The predicted molar refractivity (Wildman–Crippen MR) is 291 cm³/mol. The number of hydrogen-bond donors (Lipinski definition) is 0. The van der Waals surface area contributed by atoms with Gasteiger partial charge in [0.05, 0.1) is 0 Å². The first-order chi connectivity index (χ1) is 34.3. The van der Waals surface area contributed by atoms with Crippen molar-refractivity contribution in [2.75, 3.05) is 0 Å². The molecule has 0 amide bonds. The summed E-state index contributed by atoms with van der Waals surface area (Å²) in [7, 11) is 0. The number of rotatable bonds is 8. The molecule has 2 heterocycles. The molecule has 0 saturated carbocycles. The van der Waals surface area contributed by atoms with Crippen molar-refractivity contribution in [3.05, 3.63) is 311 Å². The van der Waals surface area contributed by atoms with Gasteiger partial charge < -0.3 is 0 Å². The monoisotopic (exact) mass is 992 g/mol. The average Bonchev–Trinajstić information content (AvgIpc) is 3.92. The molecule has 0 radical (unpaired) electrons. The van der Waals surface area contributed by atoms with Gasteiger partial charge in [-0.1, -0.05) is 0 Å². The fraction of sp³-hybridized carbons (Fsp3) is 0.0323. The van der Waals surface area contributed by atoms with Crippen LogP contribution in [-0.4, -0.2) is 0 Å². The Hall–Kier alpha value is -6.58. The quantitative estimate of drug-likeness (QED) is 0.141. The molecule has 10 aromatic carbocycles. The fourth-order valence-electron chi connectivity index (χ4n) is 11.0. The van der Waals surface area contributed by atoms with E-state index >= 15 is 4.39 Å². The van der Waals surface area contributed by atoms with Crippen molar-refractivity contribution in [1.29, 1.82) is 0 Å². The molecule has 2 nitrogen and oxygen atoms in total. The van der Waals surface area contributed by atoms with Crippen LogP contribution in [-0.2, 0) is 9.05 Å². The second-order valence-corrected chi connectivity index (χ2v) is 27.1. The summed E-state index contributed by atoms with van der Waals surface area (Å²) in [5.41, 5.74) is 3.75. The molecule has 2 unspecified atom stereocenters. The number of hydrogen-bond acceptors (Lipinski definition) is 2. The van der Waals surface area contributed by atoms with Crippen LogP contribution in [0.3, 0.4) is 0 Å². The van der Waals surface area contributed by atoms with E-state index in [1.807, 2.05) is 133 Å².